The van der Waals surface area contributed by atoms with Crippen LogP contribution in [-0.2, 0) is 10.2 Å². The molecule has 0 aliphatic carbocycles. The molecule has 84 valence electrons. The van der Waals surface area contributed by atoms with E-state index in [0.29, 0.717) is 13.0 Å². The molecule has 1 heterocycles. The summed E-state index contributed by atoms with van der Waals surface area (Å²) in [5.74, 6) is -1.01. The van der Waals surface area contributed by atoms with E-state index < -0.39 is 16.0 Å². The fourth-order valence-electron chi connectivity index (χ4n) is 0.861. The van der Waals surface area contributed by atoms with Crippen LogP contribution in [-0.4, -0.2) is 19.9 Å². The highest BCUT2D eigenvalue weighted by atomic mass is 32.2. The molecule has 0 atom stereocenters. The van der Waals surface area contributed by atoms with Crippen molar-refractivity contribution in [2.24, 2.45) is 0 Å². The molecule has 0 radical (unpaired) electrons. The van der Waals surface area contributed by atoms with Crippen LogP contribution in [0.15, 0.2) is 18.3 Å². The number of hydrogen-bond acceptors (Lipinski definition) is 3. The molecule has 0 aromatic carbocycles. The van der Waals surface area contributed by atoms with Gasteiger partial charge >= 0.3 is 0 Å². The van der Waals surface area contributed by atoms with Gasteiger partial charge in [-0.2, -0.15) is 13.1 Å². The summed E-state index contributed by atoms with van der Waals surface area (Å²) in [5, 5.41) is 0. The summed E-state index contributed by atoms with van der Waals surface area (Å²) in [4.78, 5) is 3.57. The first kappa shape index (κ1) is 11.9. The van der Waals surface area contributed by atoms with Gasteiger partial charge in [0.15, 0.2) is 11.6 Å². The number of nitrogens with zero attached hydrogens (tertiary/aromatic N) is 1. The SMILES string of the molecule is CCCNS(=O)(=O)Nc1ncccc1F. The summed E-state index contributed by atoms with van der Waals surface area (Å²) in [6.45, 7) is 2.12. The maximum Gasteiger partial charge on any atom is 0.300 e. The van der Waals surface area contributed by atoms with Crippen molar-refractivity contribution < 1.29 is 12.8 Å². The highest BCUT2D eigenvalue weighted by Gasteiger charge is 2.11. The van der Waals surface area contributed by atoms with E-state index in [0.717, 1.165) is 6.07 Å². The van der Waals surface area contributed by atoms with Crippen LogP contribution in [0.4, 0.5) is 10.2 Å². The molecule has 1 aromatic rings. The van der Waals surface area contributed by atoms with E-state index in [9.17, 15) is 12.8 Å². The molecule has 0 spiro atoms. The summed E-state index contributed by atoms with van der Waals surface area (Å²) >= 11 is 0. The summed E-state index contributed by atoms with van der Waals surface area (Å²) in [6, 6.07) is 2.51. The smallest absolute Gasteiger partial charge is 0.252 e. The zero-order chi connectivity index (χ0) is 11.3. The molecule has 0 fully saturated rings. The fraction of sp³-hybridized carbons (Fsp3) is 0.375. The van der Waals surface area contributed by atoms with Gasteiger partial charge in [0.2, 0.25) is 0 Å². The van der Waals surface area contributed by atoms with Gasteiger partial charge in [0, 0.05) is 12.7 Å². The Hall–Kier alpha value is -1.21. The van der Waals surface area contributed by atoms with Crippen molar-refractivity contribution >= 4 is 16.0 Å². The Morgan fingerprint density at radius 2 is 2.27 bits per heavy atom. The first-order chi connectivity index (χ1) is 7.05. The van der Waals surface area contributed by atoms with E-state index in [1.807, 2.05) is 11.6 Å². The lowest BCUT2D eigenvalue weighted by Crippen LogP contribution is -2.31. The number of hydrogen-bond donors (Lipinski definition) is 2. The predicted octanol–water partition coefficient (Wildman–Crippen LogP) is 0.877. The van der Waals surface area contributed by atoms with E-state index >= 15 is 0 Å². The Balaban J connectivity index is 2.74. The largest absolute Gasteiger partial charge is 0.300 e. The molecule has 0 unspecified atom stereocenters. The number of rotatable bonds is 5. The number of pyridine rings is 1. The Bertz CT molecular complexity index is 422. The minimum absolute atomic E-state index is 0.295. The topological polar surface area (TPSA) is 71.1 Å². The van der Waals surface area contributed by atoms with Gasteiger partial charge in [-0.25, -0.2) is 9.37 Å². The number of nitrogens with one attached hydrogen (secondary N) is 2. The molecule has 1 rings (SSSR count). The summed E-state index contributed by atoms with van der Waals surface area (Å²) in [6.07, 6.45) is 1.96. The maximum atomic E-state index is 13.0. The number of aromatic nitrogens is 1. The Morgan fingerprint density at radius 1 is 1.53 bits per heavy atom. The summed E-state index contributed by atoms with van der Waals surface area (Å²) < 4.78 is 39.8. The zero-order valence-electron chi connectivity index (χ0n) is 8.20. The average Bonchev–Trinajstić information content (AvgIpc) is 2.18. The second-order valence-corrected chi connectivity index (χ2v) is 4.33. The fourth-order valence-corrected chi connectivity index (χ4v) is 1.81. The lowest BCUT2D eigenvalue weighted by molar-refractivity contribution is 0.583. The third kappa shape index (κ3) is 3.80. The van der Waals surface area contributed by atoms with Crippen LogP contribution in [0.3, 0.4) is 0 Å². The van der Waals surface area contributed by atoms with E-state index in [-0.39, 0.29) is 5.82 Å². The Kier molecular flexibility index (Phi) is 3.98. The van der Waals surface area contributed by atoms with Crippen molar-refractivity contribution in [3.63, 3.8) is 0 Å². The van der Waals surface area contributed by atoms with Crippen LogP contribution in [0.1, 0.15) is 13.3 Å². The lowest BCUT2D eigenvalue weighted by Gasteiger charge is -2.07. The summed E-state index contributed by atoms with van der Waals surface area (Å²) in [7, 11) is -3.72. The van der Waals surface area contributed by atoms with Crippen LogP contribution in [0.5, 0.6) is 0 Å². The van der Waals surface area contributed by atoms with Crippen LogP contribution in [0.25, 0.3) is 0 Å². The van der Waals surface area contributed by atoms with Crippen LogP contribution in [0.2, 0.25) is 0 Å². The average molecular weight is 233 g/mol. The maximum absolute atomic E-state index is 13.0. The van der Waals surface area contributed by atoms with Gasteiger partial charge in [-0.15, -0.1) is 0 Å². The van der Waals surface area contributed by atoms with Crippen molar-refractivity contribution in [1.82, 2.24) is 9.71 Å². The van der Waals surface area contributed by atoms with Gasteiger partial charge in [0.05, 0.1) is 0 Å². The highest BCUT2D eigenvalue weighted by molar-refractivity contribution is 7.90. The molecule has 0 aliphatic heterocycles. The second kappa shape index (κ2) is 5.04. The highest BCUT2D eigenvalue weighted by Crippen LogP contribution is 2.09. The minimum Gasteiger partial charge on any atom is -0.252 e. The van der Waals surface area contributed by atoms with Gasteiger partial charge < -0.3 is 0 Å². The van der Waals surface area contributed by atoms with Gasteiger partial charge in [-0.1, -0.05) is 6.92 Å². The molecule has 5 nitrogen and oxygen atoms in total. The lowest BCUT2D eigenvalue weighted by atomic mass is 10.4. The molecule has 2 N–H and O–H groups in total. The normalized spacial score (nSPS) is 11.3. The van der Waals surface area contributed by atoms with Crippen molar-refractivity contribution in [1.29, 1.82) is 0 Å². The molecule has 0 amide bonds. The summed E-state index contributed by atoms with van der Waals surface area (Å²) in [5.41, 5.74) is 0. The third-order valence-electron chi connectivity index (χ3n) is 1.53. The van der Waals surface area contributed by atoms with Crippen molar-refractivity contribution in [2.45, 2.75) is 13.3 Å². The molecule has 0 bridgehead atoms. The molecule has 7 heteroatoms. The number of anilines is 1. The zero-order valence-corrected chi connectivity index (χ0v) is 9.01. The Morgan fingerprint density at radius 3 is 2.87 bits per heavy atom. The standard InChI is InChI=1S/C8H12FN3O2S/c1-2-5-11-15(13,14)12-8-7(9)4-3-6-10-8/h3-4,6,11H,2,5H2,1H3,(H,10,12). The van der Waals surface area contributed by atoms with E-state index in [4.69, 9.17) is 0 Å². The predicted molar refractivity (Wildman–Crippen MR) is 55.0 cm³/mol. The molecule has 15 heavy (non-hydrogen) atoms. The molecule has 0 saturated heterocycles. The quantitative estimate of drug-likeness (QED) is 0.793. The molecule has 0 saturated carbocycles. The van der Waals surface area contributed by atoms with Crippen LogP contribution >= 0.6 is 0 Å². The van der Waals surface area contributed by atoms with Crippen molar-refractivity contribution in [3.8, 4) is 0 Å². The van der Waals surface area contributed by atoms with Crippen LogP contribution in [0, 0.1) is 5.82 Å². The third-order valence-corrected chi connectivity index (χ3v) is 2.58. The monoisotopic (exact) mass is 233 g/mol. The minimum atomic E-state index is -3.72. The molecular formula is C8H12FN3O2S. The molecular weight excluding hydrogens is 221 g/mol. The second-order valence-electron chi connectivity index (χ2n) is 2.83. The molecule has 1 aromatic heterocycles. The van der Waals surface area contributed by atoms with Crippen LogP contribution < -0.4 is 9.44 Å². The van der Waals surface area contributed by atoms with Gasteiger partial charge in [0.1, 0.15) is 0 Å². The van der Waals surface area contributed by atoms with Gasteiger partial charge in [0.25, 0.3) is 10.2 Å². The van der Waals surface area contributed by atoms with Crippen molar-refractivity contribution in [3.05, 3.63) is 24.1 Å². The first-order valence-corrected chi connectivity index (χ1v) is 5.91. The van der Waals surface area contributed by atoms with E-state index in [2.05, 4.69) is 9.71 Å². The number of halogens is 1. The van der Waals surface area contributed by atoms with Crippen molar-refractivity contribution in [2.75, 3.05) is 11.3 Å². The first-order valence-electron chi connectivity index (χ1n) is 4.43. The van der Waals surface area contributed by atoms with Gasteiger partial charge in [-0.3, -0.25) is 4.72 Å². The van der Waals surface area contributed by atoms with Gasteiger partial charge in [-0.05, 0) is 18.6 Å². The van der Waals surface area contributed by atoms with E-state index in [1.54, 1.807) is 0 Å². The molecule has 0 aliphatic rings. The Labute approximate surface area is 87.9 Å². The van der Waals surface area contributed by atoms with E-state index in [1.165, 1.54) is 12.3 Å².